The van der Waals surface area contributed by atoms with Gasteiger partial charge in [-0.05, 0) is 6.92 Å². The molecule has 1 aromatic rings. The minimum atomic E-state index is -3.53. The molecule has 0 aliphatic carbocycles. The Labute approximate surface area is 100.0 Å². The number of H-pyrrole nitrogens is 1. The van der Waals surface area contributed by atoms with Crippen LogP contribution in [0, 0.1) is 6.92 Å². The summed E-state index contributed by atoms with van der Waals surface area (Å²) in [6.45, 7) is 2.99. The van der Waals surface area contributed by atoms with E-state index in [1.165, 1.54) is 10.5 Å². The highest BCUT2D eigenvalue weighted by atomic mass is 32.2. The molecule has 1 unspecified atom stereocenters. The van der Waals surface area contributed by atoms with Crippen LogP contribution in [0.3, 0.4) is 0 Å². The highest BCUT2D eigenvalue weighted by Gasteiger charge is 2.34. The van der Waals surface area contributed by atoms with Gasteiger partial charge in [-0.2, -0.15) is 9.40 Å². The lowest BCUT2D eigenvalue weighted by atomic mass is 10.3. The number of hydrogen-bond acceptors (Lipinski definition) is 5. The van der Waals surface area contributed by atoms with Crippen LogP contribution in [-0.2, 0) is 14.8 Å². The van der Waals surface area contributed by atoms with Crippen molar-refractivity contribution in [1.82, 2.24) is 14.5 Å². The molecule has 1 saturated heterocycles. The van der Waals surface area contributed by atoms with Crippen LogP contribution >= 0.6 is 0 Å². The van der Waals surface area contributed by atoms with Gasteiger partial charge in [0.15, 0.2) is 0 Å². The minimum Gasteiger partial charge on any atom is -0.378 e. The maximum Gasteiger partial charge on any atom is 0.246 e. The number of nitrogens with one attached hydrogen (secondary N) is 1. The summed E-state index contributed by atoms with van der Waals surface area (Å²) in [6.07, 6.45) is 1.33. The van der Waals surface area contributed by atoms with Gasteiger partial charge in [-0.3, -0.25) is 5.10 Å². The third-order valence-electron chi connectivity index (χ3n) is 2.82. The number of morpholine rings is 1. The van der Waals surface area contributed by atoms with Crippen molar-refractivity contribution in [3.63, 3.8) is 0 Å². The first kappa shape index (κ1) is 12.5. The molecule has 3 N–H and O–H groups in total. The average molecular weight is 260 g/mol. The molecule has 1 aromatic heterocycles. The van der Waals surface area contributed by atoms with Crippen molar-refractivity contribution in [2.45, 2.75) is 17.9 Å². The zero-order chi connectivity index (χ0) is 12.5. The summed E-state index contributed by atoms with van der Waals surface area (Å²) < 4.78 is 31.4. The van der Waals surface area contributed by atoms with Gasteiger partial charge in [0, 0.05) is 13.1 Å². The molecular weight excluding hydrogens is 244 g/mol. The van der Waals surface area contributed by atoms with Gasteiger partial charge >= 0.3 is 0 Å². The predicted molar refractivity (Wildman–Crippen MR) is 60.9 cm³/mol. The second-order valence-corrected chi connectivity index (χ2v) is 5.80. The lowest BCUT2D eigenvalue weighted by molar-refractivity contribution is 0.0358. The largest absolute Gasteiger partial charge is 0.378 e. The lowest BCUT2D eigenvalue weighted by Gasteiger charge is -2.33. The Morgan fingerprint density at radius 2 is 2.47 bits per heavy atom. The van der Waals surface area contributed by atoms with Gasteiger partial charge in [-0.15, -0.1) is 0 Å². The quantitative estimate of drug-likeness (QED) is 0.731. The van der Waals surface area contributed by atoms with Crippen LogP contribution in [0.5, 0.6) is 0 Å². The Morgan fingerprint density at radius 1 is 1.71 bits per heavy atom. The van der Waals surface area contributed by atoms with E-state index >= 15 is 0 Å². The molecule has 0 saturated carbocycles. The molecule has 1 aliphatic heterocycles. The number of nitrogens with two attached hydrogens (primary N) is 1. The summed E-state index contributed by atoms with van der Waals surface area (Å²) in [5.74, 6) is 0. The molecule has 0 aromatic carbocycles. The zero-order valence-electron chi connectivity index (χ0n) is 9.59. The minimum absolute atomic E-state index is 0.206. The fraction of sp³-hybridized carbons (Fsp3) is 0.667. The molecule has 17 heavy (non-hydrogen) atoms. The van der Waals surface area contributed by atoms with Gasteiger partial charge in [0.05, 0.1) is 31.1 Å². The summed E-state index contributed by atoms with van der Waals surface area (Å²) in [7, 11) is -3.53. The molecule has 0 radical (unpaired) electrons. The molecule has 8 heteroatoms. The van der Waals surface area contributed by atoms with Gasteiger partial charge in [-0.25, -0.2) is 8.42 Å². The molecule has 0 bridgehead atoms. The van der Waals surface area contributed by atoms with Crippen LogP contribution in [0.15, 0.2) is 11.1 Å². The number of sulfonamides is 1. The maximum absolute atomic E-state index is 12.4. The second kappa shape index (κ2) is 4.73. The Hall–Kier alpha value is -0.960. The maximum atomic E-state index is 12.4. The van der Waals surface area contributed by atoms with Crippen molar-refractivity contribution in [3.05, 3.63) is 11.9 Å². The van der Waals surface area contributed by atoms with Gasteiger partial charge in [0.25, 0.3) is 0 Å². The molecule has 96 valence electrons. The number of hydrogen-bond donors (Lipinski definition) is 2. The van der Waals surface area contributed by atoms with Gasteiger partial charge < -0.3 is 10.5 Å². The van der Waals surface area contributed by atoms with Crippen molar-refractivity contribution in [3.8, 4) is 0 Å². The number of nitrogens with zero attached hydrogens (tertiary/aromatic N) is 2. The van der Waals surface area contributed by atoms with Gasteiger partial charge in [0.2, 0.25) is 10.0 Å². The summed E-state index contributed by atoms with van der Waals surface area (Å²) in [6, 6.07) is -0.303. The average Bonchev–Trinajstić information content (AvgIpc) is 2.76. The molecular formula is C9H16N4O3S. The van der Waals surface area contributed by atoms with E-state index in [1.807, 2.05) is 0 Å². The van der Waals surface area contributed by atoms with Crippen molar-refractivity contribution in [2.75, 3.05) is 26.3 Å². The van der Waals surface area contributed by atoms with Gasteiger partial charge in [0.1, 0.15) is 4.90 Å². The van der Waals surface area contributed by atoms with Crippen LogP contribution in [0.4, 0.5) is 0 Å². The standard InChI is InChI=1S/C9H16N4O3S/c1-7-9(5-11-12-7)17(14,15)13-2-3-16-6-8(13)4-10/h5,8H,2-4,6,10H2,1H3,(H,11,12). The lowest BCUT2D eigenvalue weighted by Crippen LogP contribution is -2.51. The monoisotopic (exact) mass is 260 g/mol. The smallest absolute Gasteiger partial charge is 0.246 e. The first-order valence-electron chi connectivity index (χ1n) is 5.37. The molecule has 7 nitrogen and oxygen atoms in total. The number of aromatic amines is 1. The zero-order valence-corrected chi connectivity index (χ0v) is 10.4. The second-order valence-electron chi connectivity index (χ2n) is 3.94. The predicted octanol–water partition coefficient (Wildman–Crippen LogP) is -0.934. The number of rotatable bonds is 3. The van der Waals surface area contributed by atoms with E-state index in [4.69, 9.17) is 10.5 Å². The molecule has 1 atom stereocenters. The summed E-state index contributed by atoms with van der Waals surface area (Å²) in [5.41, 5.74) is 6.11. The van der Waals surface area contributed by atoms with Crippen LogP contribution in [0.1, 0.15) is 5.69 Å². The third-order valence-corrected chi connectivity index (χ3v) is 4.88. The van der Waals surface area contributed by atoms with Crippen LogP contribution in [-0.4, -0.2) is 55.3 Å². The van der Waals surface area contributed by atoms with Crippen molar-refractivity contribution >= 4 is 10.0 Å². The van der Waals surface area contributed by atoms with Crippen molar-refractivity contribution in [1.29, 1.82) is 0 Å². The summed E-state index contributed by atoms with van der Waals surface area (Å²) in [5, 5.41) is 6.37. The van der Waals surface area contributed by atoms with Crippen LogP contribution in [0.2, 0.25) is 0 Å². The molecule has 0 spiro atoms. The molecule has 0 amide bonds. The first-order chi connectivity index (χ1) is 8.07. The number of ether oxygens (including phenoxy) is 1. The first-order valence-corrected chi connectivity index (χ1v) is 6.81. The SMILES string of the molecule is Cc1[nH]ncc1S(=O)(=O)N1CCOCC1CN. The van der Waals surface area contributed by atoms with Crippen molar-refractivity contribution in [2.24, 2.45) is 5.73 Å². The van der Waals surface area contributed by atoms with E-state index in [1.54, 1.807) is 6.92 Å². The topological polar surface area (TPSA) is 101 Å². The normalized spacial score (nSPS) is 22.8. The van der Waals surface area contributed by atoms with Crippen LogP contribution < -0.4 is 5.73 Å². The Kier molecular flexibility index (Phi) is 3.48. The fourth-order valence-electron chi connectivity index (χ4n) is 1.87. The molecule has 2 rings (SSSR count). The third kappa shape index (κ3) is 2.21. The fourth-order valence-corrected chi connectivity index (χ4v) is 3.59. The van der Waals surface area contributed by atoms with E-state index in [2.05, 4.69) is 10.2 Å². The van der Waals surface area contributed by atoms with Gasteiger partial charge in [-0.1, -0.05) is 0 Å². The highest BCUT2D eigenvalue weighted by Crippen LogP contribution is 2.21. The van der Waals surface area contributed by atoms with E-state index in [0.29, 0.717) is 25.5 Å². The number of aryl methyl sites for hydroxylation is 1. The Balaban J connectivity index is 2.34. The van der Waals surface area contributed by atoms with E-state index in [-0.39, 0.29) is 17.5 Å². The van der Waals surface area contributed by atoms with E-state index < -0.39 is 10.0 Å². The Bertz CT molecular complexity index is 484. The van der Waals surface area contributed by atoms with Crippen molar-refractivity contribution < 1.29 is 13.2 Å². The highest BCUT2D eigenvalue weighted by molar-refractivity contribution is 7.89. The van der Waals surface area contributed by atoms with Crippen LogP contribution in [0.25, 0.3) is 0 Å². The Morgan fingerprint density at radius 3 is 3.06 bits per heavy atom. The summed E-state index contributed by atoms with van der Waals surface area (Å²) >= 11 is 0. The molecule has 1 fully saturated rings. The van der Waals surface area contributed by atoms with E-state index in [0.717, 1.165) is 0 Å². The molecule has 2 heterocycles. The summed E-state index contributed by atoms with van der Waals surface area (Å²) in [4.78, 5) is 0.206. The van der Waals surface area contributed by atoms with E-state index in [9.17, 15) is 8.42 Å². The number of aromatic nitrogens is 2. The molecule has 1 aliphatic rings.